The SMILES string of the molecule is Cc1ncc(C(=O)NC2CCNC3(CCC3)C2)s1. The fourth-order valence-corrected chi connectivity index (χ4v) is 3.67. The molecule has 4 nitrogen and oxygen atoms in total. The van der Waals surface area contributed by atoms with Crippen molar-refractivity contribution in [2.75, 3.05) is 6.54 Å². The second-order valence-corrected chi connectivity index (χ2v) is 6.70. The Bertz CT molecular complexity index is 453. The number of hydrogen-bond donors (Lipinski definition) is 2. The average Bonchev–Trinajstić information content (AvgIpc) is 2.74. The molecule has 1 amide bonds. The summed E-state index contributed by atoms with van der Waals surface area (Å²) in [7, 11) is 0. The lowest BCUT2D eigenvalue weighted by molar-refractivity contribution is 0.0856. The lowest BCUT2D eigenvalue weighted by atomic mass is 9.70. The molecule has 1 saturated heterocycles. The Morgan fingerprint density at radius 3 is 3.06 bits per heavy atom. The first kappa shape index (κ1) is 12.1. The van der Waals surface area contributed by atoms with Gasteiger partial charge >= 0.3 is 0 Å². The number of hydrogen-bond acceptors (Lipinski definition) is 4. The normalized spacial score (nSPS) is 25.7. The van der Waals surface area contributed by atoms with Crippen molar-refractivity contribution in [3.05, 3.63) is 16.1 Å². The standard InChI is InChI=1S/C13H19N3OS/c1-9-14-8-11(18-9)12(17)16-10-3-6-15-13(7-10)4-2-5-13/h8,10,15H,2-7H2,1H3,(H,16,17). The van der Waals surface area contributed by atoms with Gasteiger partial charge in [-0.05, 0) is 45.6 Å². The Morgan fingerprint density at radius 1 is 1.61 bits per heavy atom. The van der Waals surface area contributed by atoms with Gasteiger partial charge in [-0.3, -0.25) is 4.79 Å². The number of amides is 1. The van der Waals surface area contributed by atoms with Gasteiger partial charge in [-0.25, -0.2) is 4.98 Å². The summed E-state index contributed by atoms with van der Waals surface area (Å²) in [5.74, 6) is 0.0435. The van der Waals surface area contributed by atoms with E-state index in [9.17, 15) is 4.79 Å². The summed E-state index contributed by atoms with van der Waals surface area (Å²) in [6.45, 7) is 2.95. The molecule has 18 heavy (non-hydrogen) atoms. The molecular weight excluding hydrogens is 246 g/mol. The van der Waals surface area contributed by atoms with Crippen LogP contribution in [0.5, 0.6) is 0 Å². The van der Waals surface area contributed by atoms with E-state index in [0.29, 0.717) is 11.6 Å². The summed E-state index contributed by atoms with van der Waals surface area (Å²) in [4.78, 5) is 16.9. The van der Waals surface area contributed by atoms with Crippen LogP contribution in [0.2, 0.25) is 0 Å². The zero-order valence-corrected chi connectivity index (χ0v) is 11.5. The van der Waals surface area contributed by atoms with Crippen molar-refractivity contribution < 1.29 is 4.79 Å². The van der Waals surface area contributed by atoms with Crippen LogP contribution in [-0.2, 0) is 0 Å². The zero-order chi connectivity index (χ0) is 12.6. The molecule has 1 spiro atoms. The van der Waals surface area contributed by atoms with Crippen LogP contribution in [0, 0.1) is 6.92 Å². The van der Waals surface area contributed by atoms with Gasteiger partial charge in [0.05, 0.1) is 11.2 Å². The number of aromatic nitrogens is 1. The fourth-order valence-electron chi connectivity index (χ4n) is 2.99. The number of carbonyl (C=O) groups excluding carboxylic acids is 1. The molecule has 0 bridgehead atoms. The van der Waals surface area contributed by atoms with Gasteiger partial charge in [0.15, 0.2) is 0 Å². The highest BCUT2D eigenvalue weighted by Crippen LogP contribution is 2.38. The molecule has 2 fully saturated rings. The van der Waals surface area contributed by atoms with Crippen molar-refractivity contribution >= 4 is 17.2 Å². The molecule has 2 heterocycles. The molecule has 1 aliphatic carbocycles. The Morgan fingerprint density at radius 2 is 2.44 bits per heavy atom. The Kier molecular flexibility index (Phi) is 3.11. The highest BCUT2D eigenvalue weighted by atomic mass is 32.1. The Balaban J connectivity index is 1.60. The molecule has 0 aromatic carbocycles. The minimum absolute atomic E-state index is 0.0435. The monoisotopic (exact) mass is 265 g/mol. The molecule has 1 saturated carbocycles. The molecule has 1 aromatic heterocycles. The summed E-state index contributed by atoms with van der Waals surface area (Å²) in [5.41, 5.74) is 0.333. The van der Waals surface area contributed by atoms with Gasteiger partial charge in [0.1, 0.15) is 4.88 Å². The third kappa shape index (κ3) is 2.29. The molecule has 98 valence electrons. The summed E-state index contributed by atoms with van der Waals surface area (Å²) in [6, 6.07) is 0.321. The smallest absolute Gasteiger partial charge is 0.263 e. The van der Waals surface area contributed by atoms with Gasteiger partial charge in [-0.15, -0.1) is 11.3 Å². The maximum absolute atomic E-state index is 12.1. The quantitative estimate of drug-likeness (QED) is 0.858. The van der Waals surface area contributed by atoms with Crippen LogP contribution >= 0.6 is 11.3 Å². The Labute approximate surface area is 111 Å². The highest BCUT2D eigenvalue weighted by Gasteiger charge is 2.41. The predicted molar refractivity (Wildman–Crippen MR) is 71.9 cm³/mol. The summed E-state index contributed by atoms with van der Waals surface area (Å²) < 4.78 is 0. The molecular formula is C13H19N3OS. The van der Waals surface area contributed by atoms with Crippen molar-refractivity contribution in [1.82, 2.24) is 15.6 Å². The number of aryl methyl sites for hydroxylation is 1. The van der Waals surface area contributed by atoms with Crippen LogP contribution < -0.4 is 10.6 Å². The number of thiazole rings is 1. The van der Waals surface area contributed by atoms with Crippen LogP contribution in [0.15, 0.2) is 6.20 Å². The van der Waals surface area contributed by atoms with Gasteiger partial charge < -0.3 is 10.6 Å². The maximum Gasteiger partial charge on any atom is 0.263 e. The lowest BCUT2D eigenvalue weighted by Gasteiger charge is -2.48. The first-order valence-corrected chi connectivity index (χ1v) is 7.47. The molecule has 1 atom stereocenters. The van der Waals surface area contributed by atoms with Gasteiger partial charge in [0, 0.05) is 11.6 Å². The van der Waals surface area contributed by atoms with Crippen molar-refractivity contribution in [2.45, 2.75) is 50.6 Å². The number of piperidine rings is 1. The molecule has 1 aliphatic heterocycles. The first-order chi connectivity index (χ1) is 8.67. The van der Waals surface area contributed by atoms with Crippen LogP contribution in [0.3, 0.4) is 0 Å². The predicted octanol–water partition coefficient (Wildman–Crippen LogP) is 1.86. The zero-order valence-electron chi connectivity index (χ0n) is 10.7. The molecule has 2 N–H and O–H groups in total. The van der Waals surface area contributed by atoms with E-state index >= 15 is 0 Å². The topological polar surface area (TPSA) is 54.0 Å². The minimum atomic E-state index is 0.0435. The lowest BCUT2D eigenvalue weighted by Crippen LogP contribution is -2.59. The number of nitrogens with one attached hydrogen (secondary N) is 2. The number of rotatable bonds is 2. The number of nitrogens with zero attached hydrogens (tertiary/aromatic N) is 1. The third-order valence-electron chi connectivity index (χ3n) is 4.12. The van der Waals surface area contributed by atoms with E-state index in [-0.39, 0.29) is 5.91 Å². The number of carbonyl (C=O) groups is 1. The van der Waals surface area contributed by atoms with Crippen molar-refractivity contribution in [1.29, 1.82) is 0 Å². The van der Waals surface area contributed by atoms with Gasteiger partial charge in [0.25, 0.3) is 5.91 Å². The highest BCUT2D eigenvalue weighted by molar-refractivity contribution is 7.13. The average molecular weight is 265 g/mol. The first-order valence-electron chi connectivity index (χ1n) is 6.65. The molecule has 1 unspecified atom stereocenters. The van der Waals surface area contributed by atoms with E-state index in [2.05, 4.69) is 15.6 Å². The van der Waals surface area contributed by atoms with Crippen LogP contribution in [-0.4, -0.2) is 29.0 Å². The molecule has 2 aliphatic rings. The van der Waals surface area contributed by atoms with E-state index < -0.39 is 0 Å². The molecule has 3 rings (SSSR count). The third-order valence-corrected chi connectivity index (χ3v) is 5.03. The van der Waals surface area contributed by atoms with E-state index in [1.165, 1.54) is 30.6 Å². The minimum Gasteiger partial charge on any atom is -0.348 e. The van der Waals surface area contributed by atoms with Crippen molar-refractivity contribution in [3.8, 4) is 0 Å². The maximum atomic E-state index is 12.1. The van der Waals surface area contributed by atoms with Gasteiger partial charge in [0.2, 0.25) is 0 Å². The molecule has 5 heteroatoms. The Hall–Kier alpha value is -0.940. The van der Waals surface area contributed by atoms with Crippen molar-refractivity contribution in [2.24, 2.45) is 0 Å². The van der Waals surface area contributed by atoms with E-state index in [1.807, 2.05) is 6.92 Å². The largest absolute Gasteiger partial charge is 0.348 e. The van der Waals surface area contributed by atoms with Crippen LogP contribution in [0.1, 0.15) is 46.8 Å². The van der Waals surface area contributed by atoms with Crippen LogP contribution in [0.4, 0.5) is 0 Å². The van der Waals surface area contributed by atoms with E-state index in [4.69, 9.17) is 0 Å². The summed E-state index contributed by atoms with van der Waals surface area (Å²) in [5, 5.41) is 7.73. The summed E-state index contributed by atoms with van der Waals surface area (Å²) in [6.07, 6.45) is 7.64. The second-order valence-electron chi connectivity index (χ2n) is 5.47. The van der Waals surface area contributed by atoms with E-state index in [1.54, 1.807) is 6.20 Å². The van der Waals surface area contributed by atoms with Crippen LogP contribution in [0.25, 0.3) is 0 Å². The summed E-state index contributed by atoms with van der Waals surface area (Å²) >= 11 is 1.47. The molecule has 1 aromatic rings. The fraction of sp³-hybridized carbons (Fsp3) is 0.692. The second kappa shape index (κ2) is 4.63. The van der Waals surface area contributed by atoms with E-state index in [0.717, 1.165) is 29.3 Å². The molecule has 0 radical (unpaired) electrons. The van der Waals surface area contributed by atoms with Gasteiger partial charge in [-0.1, -0.05) is 0 Å². The van der Waals surface area contributed by atoms with Gasteiger partial charge in [-0.2, -0.15) is 0 Å². The van der Waals surface area contributed by atoms with Crippen molar-refractivity contribution in [3.63, 3.8) is 0 Å².